The first-order valence-corrected chi connectivity index (χ1v) is 4.88. The third kappa shape index (κ3) is 24.6. The molecule has 0 bridgehead atoms. The molecule has 0 aromatic heterocycles. The van der Waals surface area contributed by atoms with Crippen molar-refractivity contribution in [2.75, 3.05) is 27.7 Å². The molecule has 0 aliphatic carbocycles. The first kappa shape index (κ1) is 18.3. The van der Waals surface area contributed by atoms with Crippen molar-refractivity contribution in [3.05, 3.63) is 0 Å². The molecule has 0 aromatic rings. The van der Waals surface area contributed by atoms with Gasteiger partial charge in [-0.3, -0.25) is 4.79 Å². The summed E-state index contributed by atoms with van der Waals surface area (Å²) >= 11 is 0. The molecule has 0 heterocycles. The Balaban J connectivity index is -0.000000218. The van der Waals surface area contributed by atoms with Gasteiger partial charge in [0.15, 0.2) is 0 Å². The van der Waals surface area contributed by atoms with Gasteiger partial charge in [0.05, 0.1) is 13.5 Å². The standard InChI is InChI=1S/C6H13NO2.2C2H6/c1-7(2)5-4-6(8)9-3;2*1-2/h4-5H2,1-3H3;2*1-2H3. The number of carbonyl (C=O) groups is 1. The zero-order valence-corrected chi connectivity index (χ0v) is 10.2. The van der Waals surface area contributed by atoms with Crippen molar-refractivity contribution in [2.45, 2.75) is 34.1 Å². The van der Waals surface area contributed by atoms with Gasteiger partial charge in [-0.15, -0.1) is 0 Å². The lowest BCUT2D eigenvalue weighted by atomic mass is 10.4. The Hall–Kier alpha value is -0.570. The maximum absolute atomic E-state index is 10.5. The number of nitrogens with zero attached hydrogens (tertiary/aromatic N) is 1. The molecular formula is C10H25NO2. The molecule has 3 nitrogen and oxygen atoms in total. The second-order valence-corrected chi connectivity index (χ2v) is 2.13. The molecule has 0 aliphatic rings. The Kier molecular flexibility index (Phi) is 24.6. The molecule has 0 unspecified atom stereocenters. The summed E-state index contributed by atoms with van der Waals surface area (Å²) in [5, 5.41) is 0. The highest BCUT2D eigenvalue weighted by molar-refractivity contribution is 5.69. The van der Waals surface area contributed by atoms with Crippen molar-refractivity contribution in [2.24, 2.45) is 0 Å². The van der Waals surface area contributed by atoms with Crippen LogP contribution in [0, 0.1) is 0 Å². The molecule has 0 atom stereocenters. The molecule has 0 aromatic carbocycles. The molecule has 0 radical (unpaired) electrons. The highest BCUT2D eigenvalue weighted by Crippen LogP contribution is 1.84. The summed E-state index contributed by atoms with van der Waals surface area (Å²) in [4.78, 5) is 12.4. The van der Waals surface area contributed by atoms with E-state index in [1.165, 1.54) is 7.11 Å². The summed E-state index contributed by atoms with van der Waals surface area (Å²) in [6.07, 6.45) is 0.476. The van der Waals surface area contributed by atoms with Crippen molar-refractivity contribution >= 4 is 5.97 Å². The van der Waals surface area contributed by atoms with E-state index in [0.29, 0.717) is 6.42 Å². The van der Waals surface area contributed by atoms with E-state index in [0.717, 1.165) is 6.54 Å². The minimum Gasteiger partial charge on any atom is -0.469 e. The number of hydrogen-bond acceptors (Lipinski definition) is 3. The fourth-order valence-electron chi connectivity index (χ4n) is 0.417. The molecule has 0 aliphatic heterocycles. The molecule has 3 heteroatoms. The minimum atomic E-state index is -0.149. The van der Waals surface area contributed by atoms with Gasteiger partial charge in [-0.25, -0.2) is 0 Å². The number of ether oxygens (including phenoxy) is 1. The summed E-state index contributed by atoms with van der Waals surface area (Å²) in [5.41, 5.74) is 0. The predicted octanol–water partition coefficient (Wildman–Crippen LogP) is 2.16. The minimum absolute atomic E-state index is 0.149. The fraction of sp³-hybridized carbons (Fsp3) is 0.900. The fourth-order valence-corrected chi connectivity index (χ4v) is 0.417. The molecule has 0 N–H and O–H groups in total. The van der Waals surface area contributed by atoms with E-state index in [2.05, 4.69) is 4.74 Å². The molecule has 0 saturated carbocycles. The summed E-state index contributed by atoms with van der Waals surface area (Å²) in [5.74, 6) is -0.149. The summed E-state index contributed by atoms with van der Waals surface area (Å²) in [6.45, 7) is 8.76. The van der Waals surface area contributed by atoms with E-state index in [9.17, 15) is 4.79 Å². The van der Waals surface area contributed by atoms with Gasteiger partial charge in [0.2, 0.25) is 0 Å². The number of esters is 1. The van der Waals surface area contributed by atoms with E-state index in [1.807, 2.05) is 46.7 Å². The van der Waals surface area contributed by atoms with Gasteiger partial charge in [-0.1, -0.05) is 27.7 Å². The van der Waals surface area contributed by atoms with Crippen LogP contribution in [-0.2, 0) is 9.53 Å². The topological polar surface area (TPSA) is 29.5 Å². The maximum Gasteiger partial charge on any atom is 0.306 e. The van der Waals surface area contributed by atoms with Crippen molar-refractivity contribution < 1.29 is 9.53 Å². The van der Waals surface area contributed by atoms with Crippen LogP contribution >= 0.6 is 0 Å². The molecule has 0 fully saturated rings. The lowest BCUT2D eigenvalue weighted by molar-refractivity contribution is -0.140. The zero-order chi connectivity index (χ0) is 11.3. The average molecular weight is 191 g/mol. The van der Waals surface area contributed by atoms with Gasteiger partial charge in [-0.2, -0.15) is 0 Å². The largest absolute Gasteiger partial charge is 0.469 e. The number of hydrogen-bond donors (Lipinski definition) is 0. The number of carbonyl (C=O) groups excluding carboxylic acids is 1. The Labute approximate surface area is 83.1 Å². The first-order valence-electron chi connectivity index (χ1n) is 4.88. The Morgan fingerprint density at radius 3 is 1.77 bits per heavy atom. The van der Waals surface area contributed by atoms with Crippen LogP contribution in [0.1, 0.15) is 34.1 Å². The first-order chi connectivity index (χ1) is 6.16. The van der Waals surface area contributed by atoms with Gasteiger partial charge >= 0.3 is 5.97 Å². The number of rotatable bonds is 3. The van der Waals surface area contributed by atoms with Crippen LogP contribution < -0.4 is 0 Å². The van der Waals surface area contributed by atoms with E-state index < -0.39 is 0 Å². The van der Waals surface area contributed by atoms with Crippen molar-refractivity contribution in [1.29, 1.82) is 0 Å². The van der Waals surface area contributed by atoms with Crippen LogP contribution in [0.5, 0.6) is 0 Å². The molecule has 0 rings (SSSR count). The molecular weight excluding hydrogens is 166 g/mol. The molecule has 0 amide bonds. The van der Waals surface area contributed by atoms with Gasteiger partial charge in [-0.05, 0) is 14.1 Å². The van der Waals surface area contributed by atoms with E-state index in [-0.39, 0.29) is 5.97 Å². The Morgan fingerprint density at radius 2 is 1.54 bits per heavy atom. The highest BCUT2D eigenvalue weighted by atomic mass is 16.5. The second-order valence-electron chi connectivity index (χ2n) is 2.13. The number of methoxy groups -OCH3 is 1. The average Bonchev–Trinajstić information content (AvgIpc) is 2.20. The zero-order valence-electron chi connectivity index (χ0n) is 10.2. The second kappa shape index (κ2) is 17.5. The maximum atomic E-state index is 10.5. The summed E-state index contributed by atoms with van der Waals surface area (Å²) in [6, 6.07) is 0. The normalized spacial score (nSPS) is 7.69. The predicted molar refractivity (Wildman–Crippen MR) is 57.9 cm³/mol. The van der Waals surface area contributed by atoms with Crippen molar-refractivity contribution in [3.63, 3.8) is 0 Å². The smallest absolute Gasteiger partial charge is 0.306 e. The lowest BCUT2D eigenvalue weighted by Gasteiger charge is -2.06. The molecule has 82 valence electrons. The van der Waals surface area contributed by atoms with Crippen molar-refractivity contribution in [3.8, 4) is 0 Å². The van der Waals surface area contributed by atoms with Gasteiger partial charge in [0.25, 0.3) is 0 Å². The molecule has 0 saturated heterocycles. The lowest BCUT2D eigenvalue weighted by Crippen LogP contribution is -2.17. The van der Waals surface area contributed by atoms with Crippen LogP contribution in [0.3, 0.4) is 0 Å². The van der Waals surface area contributed by atoms with E-state index in [4.69, 9.17) is 0 Å². The molecule has 13 heavy (non-hydrogen) atoms. The quantitative estimate of drug-likeness (QED) is 0.640. The van der Waals surface area contributed by atoms with Crippen LogP contribution in [-0.4, -0.2) is 38.6 Å². The Bertz CT molecular complexity index is 92.9. The third-order valence-corrected chi connectivity index (χ3v) is 0.991. The van der Waals surface area contributed by atoms with Gasteiger partial charge < -0.3 is 9.64 Å². The van der Waals surface area contributed by atoms with Crippen LogP contribution in [0.15, 0.2) is 0 Å². The van der Waals surface area contributed by atoms with Gasteiger partial charge in [0, 0.05) is 6.54 Å². The summed E-state index contributed by atoms with van der Waals surface area (Å²) < 4.78 is 4.43. The van der Waals surface area contributed by atoms with Gasteiger partial charge in [0.1, 0.15) is 0 Å². The van der Waals surface area contributed by atoms with Crippen molar-refractivity contribution in [1.82, 2.24) is 4.90 Å². The SMILES string of the molecule is CC.CC.COC(=O)CCN(C)C. The Morgan fingerprint density at radius 1 is 1.15 bits per heavy atom. The van der Waals surface area contributed by atoms with E-state index in [1.54, 1.807) is 0 Å². The van der Waals surface area contributed by atoms with Crippen LogP contribution in [0.25, 0.3) is 0 Å². The van der Waals surface area contributed by atoms with Crippen LogP contribution in [0.4, 0.5) is 0 Å². The van der Waals surface area contributed by atoms with E-state index >= 15 is 0 Å². The highest BCUT2D eigenvalue weighted by Gasteiger charge is 1.98. The third-order valence-electron chi connectivity index (χ3n) is 0.991. The summed E-state index contributed by atoms with van der Waals surface area (Å²) in [7, 11) is 5.24. The molecule has 0 spiro atoms. The monoisotopic (exact) mass is 191 g/mol. The van der Waals surface area contributed by atoms with Crippen LogP contribution in [0.2, 0.25) is 0 Å².